The lowest BCUT2D eigenvalue weighted by Crippen LogP contribution is -2.58. The number of carbonyl (C=O) groups is 3. The maximum Gasteiger partial charge on any atom is 0.255 e. The number of fused-ring (bicyclic) bond motifs is 5. The van der Waals surface area contributed by atoms with Crippen LogP contribution in [0.4, 0.5) is 15.8 Å². The van der Waals surface area contributed by atoms with E-state index in [9.17, 15) is 19.5 Å². The van der Waals surface area contributed by atoms with E-state index in [1.807, 2.05) is 36.4 Å². The minimum Gasteiger partial charge on any atom is -0.508 e. The van der Waals surface area contributed by atoms with Crippen molar-refractivity contribution in [3.05, 3.63) is 112 Å². The lowest BCUT2D eigenvalue weighted by molar-refractivity contribution is -0.136. The second-order valence-corrected chi connectivity index (χ2v) is 16.5. The summed E-state index contributed by atoms with van der Waals surface area (Å²) in [5, 5.41) is 12.5. The summed E-state index contributed by atoms with van der Waals surface area (Å²) in [7, 11) is 0. The fourth-order valence-corrected chi connectivity index (χ4v) is 10.1. The Labute approximate surface area is 330 Å². The van der Waals surface area contributed by atoms with Crippen molar-refractivity contribution in [2.75, 3.05) is 62.3 Å². The number of hydrogen-bond acceptors (Lipinski definition) is 9. The number of anilines is 2. The van der Waals surface area contributed by atoms with Gasteiger partial charge in [0, 0.05) is 81.3 Å². The molecule has 0 bridgehead atoms. The molecule has 1 unspecified atom stereocenters. The Hall–Kier alpha value is -5.62. The van der Waals surface area contributed by atoms with Crippen molar-refractivity contribution in [2.24, 2.45) is 5.92 Å². The highest BCUT2D eigenvalue weighted by Crippen LogP contribution is 2.48. The molecular formula is C45H46FN5O6. The highest BCUT2D eigenvalue weighted by Gasteiger charge is 2.42. The molecule has 2 N–H and O–H groups in total. The van der Waals surface area contributed by atoms with Gasteiger partial charge >= 0.3 is 0 Å². The van der Waals surface area contributed by atoms with Crippen LogP contribution in [-0.2, 0) is 16.1 Å². The number of hydrogen-bond donors (Lipinski definition) is 2. The largest absolute Gasteiger partial charge is 0.508 e. The molecular weight excluding hydrogens is 726 g/mol. The van der Waals surface area contributed by atoms with Crippen molar-refractivity contribution >= 4 is 29.1 Å². The molecule has 0 aromatic heterocycles. The third kappa shape index (κ3) is 6.53. The molecule has 6 aliphatic heterocycles. The topological polar surface area (TPSA) is 115 Å². The van der Waals surface area contributed by atoms with E-state index in [2.05, 4.69) is 44.3 Å². The third-order valence-electron chi connectivity index (χ3n) is 13.1. The fourth-order valence-electron chi connectivity index (χ4n) is 10.1. The Morgan fingerprint density at radius 2 is 1.61 bits per heavy atom. The van der Waals surface area contributed by atoms with Crippen LogP contribution in [0.15, 0.2) is 78.9 Å². The van der Waals surface area contributed by atoms with Crippen molar-refractivity contribution in [3.63, 3.8) is 0 Å². The molecule has 3 amide bonds. The van der Waals surface area contributed by atoms with Crippen molar-refractivity contribution in [1.29, 1.82) is 0 Å². The van der Waals surface area contributed by atoms with Gasteiger partial charge in [-0.1, -0.05) is 42.5 Å². The van der Waals surface area contributed by atoms with Crippen LogP contribution >= 0.6 is 0 Å². The normalized spacial score (nSPS) is 24.9. The monoisotopic (exact) mass is 771 g/mol. The summed E-state index contributed by atoms with van der Waals surface area (Å²) >= 11 is 0. The lowest BCUT2D eigenvalue weighted by atomic mass is 9.76. The van der Waals surface area contributed by atoms with Gasteiger partial charge in [-0.05, 0) is 72.2 Å². The Morgan fingerprint density at radius 3 is 2.42 bits per heavy atom. The minimum absolute atomic E-state index is 0.00484. The molecule has 294 valence electrons. The number of nitrogens with zero attached hydrogens (tertiary/aromatic N) is 4. The number of carbonyl (C=O) groups excluding carboxylic acids is 3. The molecule has 0 spiro atoms. The summed E-state index contributed by atoms with van der Waals surface area (Å²) in [5.74, 6) is 0.798. The molecule has 0 aliphatic carbocycles. The van der Waals surface area contributed by atoms with E-state index in [4.69, 9.17) is 9.47 Å². The zero-order chi connectivity index (χ0) is 38.8. The van der Waals surface area contributed by atoms with Crippen LogP contribution in [0.3, 0.4) is 0 Å². The van der Waals surface area contributed by atoms with Crippen molar-refractivity contribution in [1.82, 2.24) is 15.1 Å². The first-order valence-corrected chi connectivity index (χ1v) is 20.3. The maximum absolute atomic E-state index is 16.1. The third-order valence-corrected chi connectivity index (χ3v) is 13.1. The first-order chi connectivity index (χ1) is 27.8. The molecule has 4 aromatic carbocycles. The number of piperazine rings is 1. The molecule has 57 heavy (non-hydrogen) atoms. The number of phenols is 1. The van der Waals surface area contributed by atoms with Crippen LogP contribution in [-0.4, -0.2) is 97.2 Å². The summed E-state index contributed by atoms with van der Waals surface area (Å²) < 4.78 is 28.5. The summed E-state index contributed by atoms with van der Waals surface area (Å²) in [6, 6.07) is 24.6. The van der Waals surface area contributed by atoms with Crippen molar-refractivity contribution < 1.29 is 33.4 Å². The molecule has 4 atom stereocenters. The number of ether oxygens (including phenoxy) is 2. The number of benzene rings is 4. The molecule has 12 heteroatoms. The zero-order valence-electron chi connectivity index (χ0n) is 31.7. The van der Waals surface area contributed by atoms with Gasteiger partial charge < -0.3 is 29.3 Å². The zero-order valence-corrected chi connectivity index (χ0v) is 31.7. The van der Waals surface area contributed by atoms with Crippen LogP contribution in [0.2, 0.25) is 0 Å². The van der Waals surface area contributed by atoms with Crippen molar-refractivity contribution in [3.8, 4) is 17.2 Å². The quantitative estimate of drug-likeness (QED) is 0.249. The van der Waals surface area contributed by atoms with E-state index in [-0.39, 0.29) is 47.7 Å². The molecule has 11 nitrogen and oxygen atoms in total. The molecule has 6 heterocycles. The first kappa shape index (κ1) is 35.8. The molecule has 4 aromatic rings. The van der Waals surface area contributed by atoms with Gasteiger partial charge in [0.25, 0.3) is 5.91 Å². The number of phenolic OH excluding ortho intramolecular Hbond substituents is 1. The average Bonchev–Trinajstić information content (AvgIpc) is 3.54. The number of nitrogens with one attached hydrogen (secondary N) is 1. The van der Waals surface area contributed by atoms with Gasteiger partial charge in [-0.3, -0.25) is 24.6 Å². The number of amides is 3. The van der Waals surface area contributed by atoms with Gasteiger partial charge in [-0.15, -0.1) is 0 Å². The number of imide groups is 1. The van der Waals surface area contributed by atoms with E-state index in [1.165, 1.54) is 0 Å². The van der Waals surface area contributed by atoms with Gasteiger partial charge in [0.2, 0.25) is 11.8 Å². The van der Waals surface area contributed by atoms with Crippen molar-refractivity contribution in [2.45, 2.75) is 56.1 Å². The smallest absolute Gasteiger partial charge is 0.255 e. The minimum atomic E-state index is -0.643. The summed E-state index contributed by atoms with van der Waals surface area (Å²) in [5.41, 5.74) is 6.09. The molecule has 6 aliphatic rings. The number of rotatable bonds is 6. The standard InChI is InChI=1S/C45H46FN5O6/c46-36-18-29(43-33-8-7-32(52)20-40(33)57-26-35(43)28-4-2-1-3-5-28)6-9-37(36)49-14-12-27(13-15-49)22-48-16-17-50-31(24-48)25-56-41-21-34-30(19-39(41)50)23-51(45(34)55)38-10-11-42(53)47-44(38)54/h1-9,18-21,27,31,35,38,43,52H,10-17,22-26H2,(H,47,53,54)/t31-,35+,38?,43+/m0/s1. The van der Waals surface area contributed by atoms with E-state index >= 15 is 4.39 Å². The highest BCUT2D eigenvalue weighted by molar-refractivity contribution is 6.06. The number of halogens is 1. The van der Waals surface area contributed by atoms with E-state index < -0.39 is 11.9 Å². The van der Waals surface area contributed by atoms with E-state index in [0.717, 1.165) is 80.1 Å². The van der Waals surface area contributed by atoms with Crippen LogP contribution in [0.1, 0.15) is 70.1 Å². The van der Waals surface area contributed by atoms with Crippen LogP contribution in [0.5, 0.6) is 17.2 Å². The summed E-state index contributed by atoms with van der Waals surface area (Å²) in [4.78, 5) is 46.4. The second kappa shape index (κ2) is 14.4. The van der Waals surface area contributed by atoms with Gasteiger partial charge in [0.05, 0.1) is 24.0 Å². The maximum atomic E-state index is 16.1. The van der Waals surface area contributed by atoms with E-state index in [0.29, 0.717) is 54.8 Å². The number of aromatic hydroxyl groups is 1. The van der Waals surface area contributed by atoms with Gasteiger partial charge in [-0.2, -0.15) is 0 Å². The number of piperidine rings is 2. The Bertz CT molecular complexity index is 2240. The molecule has 0 saturated carbocycles. The predicted molar refractivity (Wildman–Crippen MR) is 212 cm³/mol. The van der Waals surface area contributed by atoms with Gasteiger partial charge in [0.1, 0.15) is 35.7 Å². The Kier molecular flexibility index (Phi) is 9.03. The van der Waals surface area contributed by atoms with Gasteiger partial charge in [0.15, 0.2) is 0 Å². The summed E-state index contributed by atoms with van der Waals surface area (Å²) in [6.45, 7) is 6.56. The molecule has 3 saturated heterocycles. The van der Waals surface area contributed by atoms with Crippen LogP contribution in [0, 0.1) is 11.7 Å². The highest BCUT2D eigenvalue weighted by atomic mass is 19.1. The average molecular weight is 772 g/mol. The lowest BCUT2D eigenvalue weighted by Gasteiger charge is -2.47. The van der Waals surface area contributed by atoms with Crippen LogP contribution in [0.25, 0.3) is 0 Å². The second-order valence-electron chi connectivity index (χ2n) is 16.5. The summed E-state index contributed by atoms with van der Waals surface area (Å²) in [6.07, 6.45) is 2.54. The Balaban J connectivity index is 0.770. The van der Waals surface area contributed by atoms with Crippen LogP contribution < -0.4 is 24.6 Å². The van der Waals surface area contributed by atoms with E-state index in [1.54, 1.807) is 23.1 Å². The molecule has 3 fully saturated rings. The SMILES string of the molecule is O=C1CCC(N2Cc3cc4c(cc3C2=O)OC[C@@H]2CN(CC3CCN(c5ccc([C@@H]6c7ccc(O)cc7OC[C@@H]6c6ccccc6)cc5F)CC3)CCN42)C(=O)N1. The molecule has 10 rings (SSSR count). The Morgan fingerprint density at radius 1 is 0.789 bits per heavy atom. The fraction of sp³-hybridized carbons (Fsp3) is 0.400. The molecule has 0 radical (unpaired) electrons. The predicted octanol–water partition coefficient (Wildman–Crippen LogP) is 5.40. The van der Waals surface area contributed by atoms with Gasteiger partial charge in [-0.25, -0.2) is 4.39 Å². The first-order valence-electron chi connectivity index (χ1n) is 20.3.